The summed E-state index contributed by atoms with van der Waals surface area (Å²) < 4.78 is 42.4. The zero-order valence-electron chi connectivity index (χ0n) is 14.8. The lowest BCUT2D eigenvalue weighted by molar-refractivity contribution is -0.188. The van der Waals surface area contributed by atoms with E-state index >= 15 is 0 Å². The summed E-state index contributed by atoms with van der Waals surface area (Å²) in [6, 6.07) is 0. The van der Waals surface area contributed by atoms with Gasteiger partial charge in [0.25, 0.3) is 0 Å². The molecule has 0 radical (unpaired) electrons. The lowest BCUT2D eigenvalue weighted by Crippen LogP contribution is -2.52. The highest BCUT2D eigenvalue weighted by Gasteiger charge is 2.42. The van der Waals surface area contributed by atoms with Crippen molar-refractivity contribution >= 4 is 15.9 Å². The molecule has 25 heavy (non-hydrogen) atoms. The van der Waals surface area contributed by atoms with E-state index in [4.69, 9.17) is 14.2 Å². The van der Waals surface area contributed by atoms with Crippen LogP contribution in [0.2, 0.25) is 0 Å². The molecule has 3 aliphatic heterocycles. The number of ether oxygens (including phenoxy) is 3. The summed E-state index contributed by atoms with van der Waals surface area (Å²) >= 11 is 0. The Hall–Kier alpha value is -0.740. The van der Waals surface area contributed by atoms with Crippen molar-refractivity contribution in [2.45, 2.75) is 31.5 Å². The lowest BCUT2D eigenvalue weighted by Gasteiger charge is -2.40. The molecular formula is C16H28N2O6S. The van der Waals surface area contributed by atoms with Crippen molar-refractivity contribution in [3.05, 3.63) is 0 Å². The van der Waals surface area contributed by atoms with Crippen LogP contribution in [0.5, 0.6) is 0 Å². The summed E-state index contributed by atoms with van der Waals surface area (Å²) in [4.78, 5) is 14.7. The van der Waals surface area contributed by atoms with Crippen LogP contribution in [0.3, 0.4) is 0 Å². The van der Waals surface area contributed by atoms with Crippen LogP contribution in [-0.2, 0) is 29.0 Å². The molecule has 3 heterocycles. The zero-order chi connectivity index (χ0) is 17.9. The first-order valence-electron chi connectivity index (χ1n) is 8.99. The SMILES string of the molecule is COCCS(=O)(=O)N1CCCC(C(=O)N2CCC3(CC2)OCCO3)C1. The fraction of sp³-hybridized carbons (Fsp3) is 0.938. The summed E-state index contributed by atoms with van der Waals surface area (Å²) in [7, 11) is -1.88. The molecule has 0 bridgehead atoms. The fourth-order valence-electron chi connectivity index (χ4n) is 3.83. The van der Waals surface area contributed by atoms with Gasteiger partial charge in [-0.3, -0.25) is 4.79 Å². The van der Waals surface area contributed by atoms with E-state index in [1.54, 1.807) is 0 Å². The van der Waals surface area contributed by atoms with Crippen molar-refractivity contribution in [3.8, 4) is 0 Å². The molecular weight excluding hydrogens is 348 g/mol. The Morgan fingerprint density at radius 3 is 2.52 bits per heavy atom. The Balaban J connectivity index is 1.55. The van der Waals surface area contributed by atoms with Crippen molar-refractivity contribution in [3.63, 3.8) is 0 Å². The highest BCUT2D eigenvalue weighted by atomic mass is 32.2. The number of carbonyl (C=O) groups excluding carboxylic acids is 1. The summed E-state index contributed by atoms with van der Waals surface area (Å²) in [6.45, 7) is 3.37. The van der Waals surface area contributed by atoms with Gasteiger partial charge in [0.2, 0.25) is 15.9 Å². The number of amides is 1. The molecule has 1 spiro atoms. The van der Waals surface area contributed by atoms with Crippen molar-refractivity contribution in [2.75, 3.05) is 58.9 Å². The van der Waals surface area contributed by atoms with Gasteiger partial charge in [0, 0.05) is 46.1 Å². The first kappa shape index (κ1) is 19.0. The summed E-state index contributed by atoms with van der Waals surface area (Å²) in [5, 5.41) is 0. The molecule has 1 unspecified atom stereocenters. The molecule has 3 saturated heterocycles. The summed E-state index contributed by atoms with van der Waals surface area (Å²) in [6.07, 6.45) is 2.82. The van der Waals surface area contributed by atoms with E-state index in [1.165, 1.54) is 11.4 Å². The van der Waals surface area contributed by atoms with Gasteiger partial charge in [0.1, 0.15) is 0 Å². The number of nitrogens with zero attached hydrogens (tertiary/aromatic N) is 2. The second kappa shape index (κ2) is 7.87. The van der Waals surface area contributed by atoms with Gasteiger partial charge in [0.15, 0.2) is 5.79 Å². The molecule has 3 fully saturated rings. The molecule has 144 valence electrons. The molecule has 0 aromatic carbocycles. The van der Waals surface area contributed by atoms with E-state index in [0.717, 1.165) is 6.42 Å². The van der Waals surface area contributed by atoms with Crippen LogP contribution < -0.4 is 0 Å². The highest BCUT2D eigenvalue weighted by Crippen LogP contribution is 2.32. The molecule has 3 rings (SSSR count). The van der Waals surface area contributed by atoms with Gasteiger partial charge >= 0.3 is 0 Å². The number of hydrogen-bond donors (Lipinski definition) is 0. The zero-order valence-corrected chi connectivity index (χ0v) is 15.6. The third kappa shape index (κ3) is 4.33. The molecule has 1 amide bonds. The van der Waals surface area contributed by atoms with Crippen molar-refractivity contribution in [1.82, 2.24) is 9.21 Å². The molecule has 0 N–H and O–H groups in total. The molecule has 1 atom stereocenters. The Labute approximate surface area is 149 Å². The van der Waals surface area contributed by atoms with Crippen molar-refractivity contribution in [2.24, 2.45) is 5.92 Å². The second-order valence-corrected chi connectivity index (χ2v) is 9.03. The van der Waals surface area contributed by atoms with E-state index in [9.17, 15) is 13.2 Å². The van der Waals surface area contributed by atoms with Crippen molar-refractivity contribution in [1.29, 1.82) is 0 Å². The number of methoxy groups -OCH3 is 1. The molecule has 0 aromatic heterocycles. The van der Waals surface area contributed by atoms with Gasteiger partial charge in [-0.15, -0.1) is 0 Å². The van der Waals surface area contributed by atoms with Gasteiger partial charge in [-0.05, 0) is 12.8 Å². The largest absolute Gasteiger partial charge is 0.384 e. The average molecular weight is 376 g/mol. The van der Waals surface area contributed by atoms with Crippen LogP contribution in [0.1, 0.15) is 25.7 Å². The monoisotopic (exact) mass is 376 g/mol. The minimum absolute atomic E-state index is 0.0364. The number of piperidine rings is 2. The number of carbonyl (C=O) groups is 1. The minimum Gasteiger partial charge on any atom is -0.384 e. The normalized spacial score (nSPS) is 27.7. The Morgan fingerprint density at radius 2 is 1.88 bits per heavy atom. The van der Waals surface area contributed by atoms with E-state index in [-0.39, 0.29) is 30.7 Å². The molecule has 0 saturated carbocycles. The third-order valence-corrected chi connectivity index (χ3v) is 7.12. The first-order chi connectivity index (χ1) is 12.0. The van der Waals surface area contributed by atoms with Gasteiger partial charge in [-0.1, -0.05) is 0 Å². The smallest absolute Gasteiger partial charge is 0.227 e. The Morgan fingerprint density at radius 1 is 1.20 bits per heavy atom. The van der Waals surface area contributed by atoms with Crippen LogP contribution in [0.15, 0.2) is 0 Å². The maximum absolute atomic E-state index is 12.8. The van der Waals surface area contributed by atoms with E-state index in [0.29, 0.717) is 52.1 Å². The molecule has 9 heteroatoms. The molecule has 8 nitrogen and oxygen atoms in total. The van der Waals surface area contributed by atoms with Crippen LogP contribution in [0.4, 0.5) is 0 Å². The Bertz CT molecular complexity index is 565. The number of likely N-dealkylation sites (tertiary alicyclic amines) is 1. The number of sulfonamides is 1. The van der Waals surface area contributed by atoms with Gasteiger partial charge in [-0.25, -0.2) is 12.7 Å². The summed E-state index contributed by atoms with van der Waals surface area (Å²) in [5.41, 5.74) is 0. The standard InChI is InChI=1S/C16H28N2O6S/c1-22-11-12-25(20,21)18-6-2-3-14(13-18)15(19)17-7-4-16(5-8-17)23-9-10-24-16/h14H,2-13H2,1H3. The predicted octanol–water partition coefficient (Wildman–Crippen LogP) is 0.0401. The molecule has 0 aliphatic carbocycles. The van der Waals surface area contributed by atoms with Crippen LogP contribution in [-0.4, -0.2) is 88.2 Å². The van der Waals surface area contributed by atoms with Gasteiger partial charge in [-0.2, -0.15) is 0 Å². The lowest BCUT2D eigenvalue weighted by atomic mass is 9.96. The van der Waals surface area contributed by atoms with E-state index in [2.05, 4.69) is 0 Å². The fourth-order valence-corrected chi connectivity index (χ4v) is 5.28. The quantitative estimate of drug-likeness (QED) is 0.674. The first-order valence-corrected chi connectivity index (χ1v) is 10.6. The average Bonchev–Trinajstić information content (AvgIpc) is 3.08. The topological polar surface area (TPSA) is 85.4 Å². The summed E-state index contributed by atoms with van der Waals surface area (Å²) in [5.74, 6) is -0.741. The van der Waals surface area contributed by atoms with E-state index < -0.39 is 15.8 Å². The maximum atomic E-state index is 12.8. The number of rotatable bonds is 5. The maximum Gasteiger partial charge on any atom is 0.227 e. The van der Waals surface area contributed by atoms with Crippen LogP contribution >= 0.6 is 0 Å². The molecule has 3 aliphatic rings. The Kier molecular flexibility index (Phi) is 5.99. The van der Waals surface area contributed by atoms with Crippen LogP contribution in [0, 0.1) is 5.92 Å². The van der Waals surface area contributed by atoms with Crippen molar-refractivity contribution < 1.29 is 27.4 Å². The molecule has 0 aromatic rings. The van der Waals surface area contributed by atoms with Gasteiger partial charge in [0.05, 0.1) is 31.5 Å². The second-order valence-electron chi connectivity index (χ2n) is 6.94. The number of hydrogen-bond acceptors (Lipinski definition) is 6. The third-order valence-electron chi connectivity index (χ3n) is 5.32. The highest BCUT2D eigenvalue weighted by molar-refractivity contribution is 7.89. The van der Waals surface area contributed by atoms with E-state index in [1.807, 2.05) is 4.90 Å². The minimum atomic E-state index is -3.36. The predicted molar refractivity (Wildman–Crippen MR) is 90.4 cm³/mol. The van der Waals surface area contributed by atoms with Crippen LogP contribution in [0.25, 0.3) is 0 Å². The van der Waals surface area contributed by atoms with Gasteiger partial charge < -0.3 is 19.1 Å².